The summed E-state index contributed by atoms with van der Waals surface area (Å²) in [6.07, 6.45) is 8.97. The molecule has 0 bridgehead atoms. The van der Waals surface area contributed by atoms with E-state index < -0.39 is 0 Å². The first-order valence-corrected chi connectivity index (χ1v) is 13.7. The van der Waals surface area contributed by atoms with E-state index >= 15 is 0 Å². The summed E-state index contributed by atoms with van der Waals surface area (Å²) >= 11 is 7.88. The van der Waals surface area contributed by atoms with Gasteiger partial charge in [0, 0.05) is 54.3 Å². The molecule has 0 N–H and O–H groups in total. The van der Waals surface area contributed by atoms with Crippen molar-refractivity contribution in [2.75, 3.05) is 13.1 Å². The molecular formula is C28H30ClN3O2S. The topological polar surface area (TPSA) is 53.5 Å². The lowest BCUT2D eigenvalue weighted by atomic mass is 9.92. The second-order valence-electron chi connectivity index (χ2n) is 9.39. The lowest BCUT2D eigenvalue weighted by Gasteiger charge is -2.38. The van der Waals surface area contributed by atoms with E-state index in [2.05, 4.69) is 16.4 Å². The van der Waals surface area contributed by atoms with Gasteiger partial charge in [0.25, 0.3) is 0 Å². The molecule has 3 aromatic rings. The second kappa shape index (κ2) is 10.9. The van der Waals surface area contributed by atoms with Crippen LogP contribution in [0.2, 0.25) is 5.02 Å². The average molecular weight is 508 g/mol. The first kappa shape index (κ1) is 24.0. The van der Waals surface area contributed by atoms with Gasteiger partial charge in [0.2, 0.25) is 11.8 Å². The molecule has 0 saturated carbocycles. The number of likely N-dealkylation sites (tertiary alicyclic amines) is 1. The van der Waals surface area contributed by atoms with Crippen LogP contribution in [0.25, 0.3) is 0 Å². The van der Waals surface area contributed by atoms with Crippen molar-refractivity contribution in [1.29, 1.82) is 0 Å². The van der Waals surface area contributed by atoms with Crippen molar-refractivity contribution < 1.29 is 9.59 Å². The van der Waals surface area contributed by atoms with Crippen LogP contribution in [-0.2, 0) is 22.4 Å². The smallest absolute Gasteiger partial charge is 0.223 e. The molecule has 2 aromatic heterocycles. The summed E-state index contributed by atoms with van der Waals surface area (Å²) in [7, 11) is 0. The van der Waals surface area contributed by atoms with Crippen LogP contribution in [0, 0.1) is 0 Å². The van der Waals surface area contributed by atoms with Gasteiger partial charge >= 0.3 is 0 Å². The van der Waals surface area contributed by atoms with Crippen molar-refractivity contribution in [2.24, 2.45) is 0 Å². The van der Waals surface area contributed by atoms with E-state index in [9.17, 15) is 9.59 Å². The minimum atomic E-state index is -0.126. The highest BCUT2D eigenvalue weighted by atomic mass is 35.5. The SMILES string of the molecule is O=C(CCC(=O)N1CCc2sccc2C1c1ccc(Cl)cc1)N1CCCCC1Cc1ccncc1. The molecule has 2 atom stereocenters. The van der Waals surface area contributed by atoms with Crippen molar-refractivity contribution in [3.05, 3.63) is 86.8 Å². The van der Waals surface area contributed by atoms with Gasteiger partial charge in [0.05, 0.1) is 6.04 Å². The van der Waals surface area contributed by atoms with E-state index in [1.54, 1.807) is 23.7 Å². The molecule has 2 aliphatic heterocycles. The number of amides is 2. The number of aromatic nitrogens is 1. The number of fused-ring (bicyclic) bond motifs is 1. The van der Waals surface area contributed by atoms with E-state index in [0.717, 1.165) is 44.2 Å². The zero-order valence-electron chi connectivity index (χ0n) is 19.7. The fourth-order valence-corrected chi connectivity index (χ4v) is 6.45. The molecule has 2 aliphatic rings. The summed E-state index contributed by atoms with van der Waals surface area (Å²) in [5, 5.41) is 2.78. The van der Waals surface area contributed by atoms with Crippen LogP contribution < -0.4 is 0 Å². The number of nitrogens with zero attached hydrogens (tertiary/aromatic N) is 3. The summed E-state index contributed by atoms with van der Waals surface area (Å²) in [5.74, 6) is 0.131. The molecule has 1 aromatic carbocycles. The summed E-state index contributed by atoms with van der Waals surface area (Å²) in [6, 6.07) is 14.0. The molecule has 182 valence electrons. The van der Waals surface area contributed by atoms with Gasteiger partial charge in [0.1, 0.15) is 0 Å². The number of hydrogen-bond donors (Lipinski definition) is 0. The van der Waals surface area contributed by atoms with E-state index in [1.165, 1.54) is 16.0 Å². The predicted molar refractivity (Wildman–Crippen MR) is 140 cm³/mol. The zero-order chi connectivity index (χ0) is 24.2. The molecule has 5 rings (SSSR count). The monoisotopic (exact) mass is 507 g/mol. The molecule has 0 radical (unpaired) electrons. The number of thiophene rings is 1. The minimum Gasteiger partial charge on any atom is -0.339 e. The quantitative estimate of drug-likeness (QED) is 0.431. The fourth-order valence-electron chi connectivity index (χ4n) is 5.42. The van der Waals surface area contributed by atoms with Gasteiger partial charge in [-0.25, -0.2) is 0 Å². The summed E-state index contributed by atoms with van der Waals surface area (Å²) < 4.78 is 0. The van der Waals surface area contributed by atoms with Crippen LogP contribution >= 0.6 is 22.9 Å². The normalized spacial score (nSPS) is 19.9. The van der Waals surface area contributed by atoms with Crippen molar-refractivity contribution >= 4 is 34.8 Å². The lowest BCUT2D eigenvalue weighted by Crippen LogP contribution is -2.45. The van der Waals surface area contributed by atoms with Crippen LogP contribution in [0.3, 0.4) is 0 Å². The highest BCUT2D eigenvalue weighted by Gasteiger charge is 2.33. The molecule has 5 nitrogen and oxygen atoms in total. The molecule has 1 fully saturated rings. The number of hydrogen-bond acceptors (Lipinski definition) is 4. The third-order valence-electron chi connectivity index (χ3n) is 7.19. The van der Waals surface area contributed by atoms with Crippen LogP contribution in [-0.4, -0.2) is 45.7 Å². The van der Waals surface area contributed by atoms with Crippen molar-refractivity contribution in [1.82, 2.24) is 14.8 Å². The van der Waals surface area contributed by atoms with E-state index in [0.29, 0.717) is 11.6 Å². The fraction of sp³-hybridized carbons (Fsp3) is 0.393. The second-order valence-corrected chi connectivity index (χ2v) is 10.8. The van der Waals surface area contributed by atoms with Gasteiger partial charge in [-0.2, -0.15) is 0 Å². The van der Waals surface area contributed by atoms with Gasteiger partial charge in [-0.1, -0.05) is 23.7 Å². The van der Waals surface area contributed by atoms with Crippen LogP contribution in [0.1, 0.15) is 59.7 Å². The molecule has 0 aliphatic carbocycles. The standard InChI is InChI=1S/C28H30ClN3O2S/c29-22-6-4-21(5-7-22)28-24-13-18-35-25(24)12-17-32(28)27(34)9-8-26(33)31-16-2-1-3-23(31)19-20-10-14-30-15-11-20/h4-7,10-11,13-15,18,23,28H,1-3,8-9,12,16-17,19H2. The van der Waals surface area contributed by atoms with Crippen molar-refractivity contribution in [3.63, 3.8) is 0 Å². The summed E-state index contributed by atoms with van der Waals surface area (Å²) in [6.45, 7) is 1.44. The maximum atomic E-state index is 13.5. The van der Waals surface area contributed by atoms with E-state index in [4.69, 9.17) is 11.6 Å². The molecule has 1 saturated heterocycles. The maximum Gasteiger partial charge on any atom is 0.223 e. The Morgan fingerprint density at radius 2 is 1.69 bits per heavy atom. The molecule has 0 spiro atoms. The Bertz CT molecular complexity index is 1160. The minimum absolute atomic E-state index is 0.0397. The molecular weight excluding hydrogens is 478 g/mol. The maximum absolute atomic E-state index is 13.5. The van der Waals surface area contributed by atoms with Crippen LogP contribution in [0.5, 0.6) is 0 Å². The molecule has 2 unspecified atom stereocenters. The number of pyridine rings is 1. The molecule has 4 heterocycles. The Kier molecular flexibility index (Phi) is 7.49. The first-order valence-electron chi connectivity index (χ1n) is 12.4. The predicted octanol–water partition coefficient (Wildman–Crippen LogP) is 5.67. The number of piperidine rings is 1. The highest BCUT2D eigenvalue weighted by molar-refractivity contribution is 7.10. The number of halogens is 1. The third-order valence-corrected chi connectivity index (χ3v) is 8.44. The van der Waals surface area contributed by atoms with E-state index in [1.807, 2.05) is 46.2 Å². The first-order chi connectivity index (χ1) is 17.1. The molecule has 35 heavy (non-hydrogen) atoms. The van der Waals surface area contributed by atoms with Gasteiger partial charge < -0.3 is 9.80 Å². The summed E-state index contributed by atoms with van der Waals surface area (Å²) in [5.41, 5.74) is 3.45. The third kappa shape index (κ3) is 5.44. The van der Waals surface area contributed by atoms with Gasteiger partial charge in [-0.3, -0.25) is 14.6 Å². The Hall–Kier alpha value is -2.70. The number of carbonyl (C=O) groups excluding carboxylic acids is 2. The highest BCUT2D eigenvalue weighted by Crippen LogP contribution is 2.38. The van der Waals surface area contributed by atoms with Crippen LogP contribution in [0.15, 0.2) is 60.2 Å². The number of carbonyl (C=O) groups is 2. The Morgan fingerprint density at radius 3 is 2.46 bits per heavy atom. The Labute approximate surface area is 215 Å². The van der Waals surface area contributed by atoms with Crippen molar-refractivity contribution in [3.8, 4) is 0 Å². The summed E-state index contributed by atoms with van der Waals surface area (Å²) in [4.78, 5) is 36.1. The zero-order valence-corrected chi connectivity index (χ0v) is 21.3. The van der Waals surface area contributed by atoms with Gasteiger partial charge in [-0.05, 0) is 84.5 Å². The van der Waals surface area contributed by atoms with E-state index in [-0.39, 0.29) is 36.7 Å². The Morgan fingerprint density at radius 1 is 0.943 bits per heavy atom. The Balaban J connectivity index is 1.27. The number of rotatable bonds is 6. The van der Waals surface area contributed by atoms with Crippen LogP contribution in [0.4, 0.5) is 0 Å². The number of benzene rings is 1. The largest absolute Gasteiger partial charge is 0.339 e. The molecule has 2 amide bonds. The van der Waals surface area contributed by atoms with Gasteiger partial charge in [0.15, 0.2) is 0 Å². The van der Waals surface area contributed by atoms with Crippen molar-refractivity contribution in [2.45, 2.75) is 57.0 Å². The lowest BCUT2D eigenvalue weighted by molar-refractivity contribution is -0.140. The average Bonchev–Trinajstić information content (AvgIpc) is 3.37. The molecule has 7 heteroatoms. The van der Waals surface area contributed by atoms with Gasteiger partial charge in [-0.15, -0.1) is 11.3 Å².